The summed E-state index contributed by atoms with van der Waals surface area (Å²) in [4.78, 5) is 14.1. The highest BCUT2D eigenvalue weighted by atomic mass is 19.1. The van der Waals surface area contributed by atoms with Gasteiger partial charge in [0.2, 0.25) is 5.91 Å². The van der Waals surface area contributed by atoms with Gasteiger partial charge in [-0.2, -0.15) is 0 Å². The summed E-state index contributed by atoms with van der Waals surface area (Å²) in [5.74, 6) is -0.150. The second kappa shape index (κ2) is 8.59. The van der Waals surface area contributed by atoms with Gasteiger partial charge in [-0.15, -0.1) is 0 Å². The first-order valence-electron chi connectivity index (χ1n) is 6.98. The highest BCUT2D eigenvalue weighted by Crippen LogP contribution is 2.18. The number of amides is 1. The molecule has 0 aliphatic rings. The molecular formula is C15H24FN3O2. The van der Waals surface area contributed by atoms with Crippen LogP contribution >= 0.6 is 0 Å². The molecule has 0 fully saturated rings. The Morgan fingerprint density at radius 1 is 1.48 bits per heavy atom. The molecule has 0 saturated heterocycles. The fourth-order valence-electron chi connectivity index (χ4n) is 2.01. The SMILES string of the molecule is COCCN(CC(=O)Nc1ccc(F)cc1N)CC(C)C. The molecule has 1 aromatic rings. The monoisotopic (exact) mass is 297 g/mol. The number of nitrogen functional groups attached to an aromatic ring is 1. The maximum atomic E-state index is 13.0. The van der Waals surface area contributed by atoms with Gasteiger partial charge >= 0.3 is 0 Å². The van der Waals surface area contributed by atoms with E-state index in [-0.39, 0.29) is 18.1 Å². The Labute approximate surface area is 125 Å². The topological polar surface area (TPSA) is 67.6 Å². The highest BCUT2D eigenvalue weighted by Gasteiger charge is 2.13. The van der Waals surface area contributed by atoms with Gasteiger partial charge in [-0.3, -0.25) is 9.69 Å². The summed E-state index contributed by atoms with van der Waals surface area (Å²) in [6.45, 7) is 6.49. The van der Waals surface area contributed by atoms with Crippen molar-refractivity contribution >= 4 is 17.3 Å². The second-order valence-corrected chi connectivity index (χ2v) is 5.40. The van der Waals surface area contributed by atoms with Gasteiger partial charge in [0.1, 0.15) is 5.82 Å². The van der Waals surface area contributed by atoms with Gasteiger partial charge in [-0.05, 0) is 24.1 Å². The zero-order valence-corrected chi connectivity index (χ0v) is 12.9. The lowest BCUT2D eigenvalue weighted by Gasteiger charge is -2.23. The Hall–Kier alpha value is -1.66. The van der Waals surface area contributed by atoms with Crippen LogP contribution in [0.1, 0.15) is 13.8 Å². The molecule has 0 aromatic heterocycles. The molecule has 0 spiro atoms. The third-order valence-electron chi connectivity index (χ3n) is 2.89. The molecule has 0 atom stereocenters. The molecule has 0 heterocycles. The average molecular weight is 297 g/mol. The first-order valence-corrected chi connectivity index (χ1v) is 6.98. The van der Waals surface area contributed by atoms with Crippen molar-refractivity contribution in [2.24, 2.45) is 5.92 Å². The molecule has 1 rings (SSSR count). The number of carbonyl (C=O) groups is 1. The number of nitrogens with one attached hydrogen (secondary N) is 1. The third kappa shape index (κ3) is 6.55. The van der Waals surface area contributed by atoms with Crippen molar-refractivity contribution in [3.8, 4) is 0 Å². The molecule has 1 aromatic carbocycles. The van der Waals surface area contributed by atoms with E-state index < -0.39 is 5.82 Å². The minimum absolute atomic E-state index is 0.176. The van der Waals surface area contributed by atoms with Crippen LogP contribution in [0.15, 0.2) is 18.2 Å². The van der Waals surface area contributed by atoms with Gasteiger partial charge in [-0.1, -0.05) is 13.8 Å². The second-order valence-electron chi connectivity index (χ2n) is 5.40. The number of benzene rings is 1. The largest absolute Gasteiger partial charge is 0.397 e. The number of hydrogen-bond acceptors (Lipinski definition) is 4. The van der Waals surface area contributed by atoms with Crippen molar-refractivity contribution < 1.29 is 13.9 Å². The van der Waals surface area contributed by atoms with E-state index in [0.29, 0.717) is 24.8 Å². The molecule has 0 radical (unpaired) electrons. The van der Waals surface area contributed by atoms with E-state index in [4.69, 9.17) is 10.5 Å². The number of nitrogens with two attached hydrogens (primary N) is 1. The quantitative estimate of drug-likeness (QED) is 0.720. The summed E-state index contributed by atoms with van der Waals surface area (Å²) in [7, 11) is 1.63. The third-order valence-corrected chi connectivity index (χ3v) is 2.89. The van der Waals surface area contributed by atoms with Crippen LogP contribution in [0.5, 0.6) is 0 Å². The number of halogens is 1. The molecule has 1 amide bonds. The van der Waals surface area contributed by atoms with E-state index in [1.54, 1.807) is 7.11 Å². The summed E-state index contributed by atoms with van der Waals surface area (Å²) in [5.41, 5.74) is 6.32. The Kier molecular flexibility index (Phi) is 7.11. The Morgan fingerprint density at radius 3 is 2.76 bits per heavy atom. The maximum Gasteiger partial charge on any atom is 0.238 e. The van der Waals surface area contributed by atoms with Gasteiger partial charge < -0.3 is 15.8 Å². The molecule has 0 aliphatic heterocycles. The molecule has 0 bridgehead atoms. The minimum Gasteiger partial charge on any atom is -0.397 e. The lowest BCUT2D eigenvalue weighted by atomic mass is 10.2. The Morgan fingerprint density at radius 2 is 2.19 bits per heavy atom. The van der Waals surface area contributed by atoms with Gasteiger partial charge in [0.05, 0.1) is 24.5 Å². The van der Waals surface area contributed by atoms with E-state index in [2.05, 4.69) is 19.2 Å². The molecule has 0 unspecified atom stereocenters. The number of anilines is 2. The summed E-state index contributed by atoms with van der Waals surface area (Å²) < 4.78 is 18.0. The highest BCUT2D eigenvalue weighted by molar-refractivity contribution is 5.95. The van der Waals surface area contributed by atoms with Crippen LogP contribution in [-0.4, -0.2) is 44.2 Å². The maximum absolute atomic E-state index is 13.0. The van der Waals surface area contributed by atoms with Crippen LogP contribution in [-0.2, 0) is 9.53 Å². The first-order chi connectivity index (χ1) is 9.92. The van der Waals surface area contributed by atoms with Crippen molar-refractivity contribution in [3.63, 3.8) is 0 Å². The van der Waals surface area contributed by atoms with Gasteiger partial charge in [0, 0.05) is 20.2 Å². The summed E-state index contributed by atoms with van der Waals surface area (Å²) >= 11 is 0. The van der Waals surface area contributed by atoms with Crippen molar-refractivity contribution in [2.45, 2.75) is 13.8 Å². The minimum atomic E-state index is -0.424. The van der Waals surface area contributed by atoms with Gasteiger partial charge in [-0.25, -0.2) is 4.39 Å². The zero-order valence-electron chi connectivity index (χ0n) is 12.9. The number of nitrogens with zero attached hydrogens (tertiary/aromatic N) is 1. The molecule has 5 nitrogen and oxygen atoms in total. The van der Waals surface area contributed by atoms with Crippen LogP contribution in [0.25, 0.3) is 0 Å². The number of rotatable bonds is 8. The van der Waals surface area contributed by atoms with E-state index in [1.807, 2.05) is 4.90 Å². The molecule has 118 valence electrons. The summed E-state index contributed by atoms with van der Waals surface area (Å²) in [6, 6.07) is 3.92. The molecular weight excluding hydrogens is 273 g/mol. The molecule has 6 heteroatoms. The molecule has 21 heavy (non-hydrogen) atoms. The van der Waals surface area contributed by atoms with Crippen molar-refractivity contribution in [2.75, 3.05) is 44.4 Å². The first kappa shape index (κ1) is 17.4. The van der Waals surface area contributed by atoms with Crippen molar-refractivity contribution in [3.05, 3.63) is 24.0 Å². The number of ether oxygens (including phenoxy) is 1. The smallest absolute Gasteiger partial charge is 0.238 e. The molecule has 0 saturated carbocycles. The Bertz CT molecular complexity index is 466. The van der Waals surface area contributed by atoms with Gasteiger partial charge in [0.15, 0.2) is 0 Å². The number of hydrogen-bond donors (Lipinski definition) is 2. The number of methoxy groups -OCH3 is 1. The lowest BCUT2D eigenvalue weighted by molar-refractivity contribution is -0.117. The van der Waals surface area contributed by atoms with Crippen LogP contribution < -0.4 is 11.1 Å². The van der Waals surface area contributed by atoms with E-state index in [1.165, 1.54) is 18.2 Å². The predicted octanol–water partition coefficient (Wildman–Crippen LogP) is 1.95. The average Bonchev–Trinajstić information content (AvgIpc) is 2.38. The van der Waals surface area contributed by atoms with Gasteiger partial charge in [0.25, 0.3) is 0 Å². The summed E-state index contributed by atoms with van der Waals surface area (Å²) in [6.07, 6.45) is 0. The standard InChI is InChI=1S/C15H24FN3O2/c1-11(2)9-19(6-7-21-3)10-15(20)18-14-5-4-12(16)8-13(14)17/h4-5,8,11H,6-7,9-10,17H2,1-3H3,(H,18,20). The fourth-order valence-corrected chi connectivity index (χ4v) is 2.01. The normalized spacial score (nSPS) is 11.1. The van der Waals surface area contributed by atoms with E-state index >= 15 is 0 Å². The molecule has 3 N–H and O–H groups in total. The zero-order chi connectivity index (χ0) is 15.8. The Balaban J connectivity index is 2.59. The van der Waals surface area contributed by atoms with Crippen LogP contribution in [0.3, 0.4) is 0 Å². The van der Waals surface area contributed by atoms with E-state index in [0.717, 1.165) is 6.54 Å². The molecule has 0 aliphatic carbocycles. The van der Waals surface area contributed by atoms with Crippen LogP contribution in [0.4, 0.5) is 15.8 Å². The van der Waals surface area contributed by atoms with Crippen LogP contribution in [0.2, 0.25) is 0 Å². The van der Waals surface area contributed by atoms with Crippen LogP contribution in [0, 0.1) is 11.7 Å². The summed E-state index contributed by atoms with van der Waals surface area (Å²) in [5, 5.41) is 2.70. The van der Waals surface area contributed by atoms with Crippen molar-refractivity contribution in [1.29, 1.82) is 0 Å². The lowest BCUT2D eigenvalue weighted by Crippen LogP contribution is -2.37. The van der Waals surface area contributed by atoms with E-state index in [9.17, 15) is 9.18 Å². The number of carbonyl (C=O) groups excluding carboxylic acids is 1. The van der Waals surface area contributed by atoms with Crippen molar-refractivity contribution in [1.82, 2.24) is 4.90 Å². The fraction of sp³-hybridized carbons (Fsp3) is 0.533. The predicted molar refractivity (Wildman–Crippen MR) is 82.6 cm³/mol.